The van der Waals surface area contributed by atoms with Crippen LogP contribution in [0.25, 0.3) is 0 Å². The lowest BCUT2D eigenvalue weighted by Gasteiger charge is -2.18. The SMILES string of the molecule is CN[C@@H]1CCN(c2cnc(F)c(C)c2)C1. The summed E-state index contributed by atoms with van der Waals surface area (Å²) < 4.78 is 13.0. The number of anilines is 1. The Kier molecular flexibility index (Phi) is 2.86. The molecule has 82 valence electrons. The molecule has 2 heterocycles. The van der Waals surface area contributed by atoms with E-state index in [1.54, 1.807) is 13.1 Å². The maximum atomic E-state index is 13.0. The molecule has 0 spiro atoms. The van der Waals surface area contributed by atoms with E-state index in [0.29, 0.717) is 11.6 Å². The smallest absolute Gasteiger partial charge is 0.215 e. The highest BCUT2D eigenvalue weighted by atomic mass is 19.1. The van der Waals surface area contributed by atoms with Crippen molar-refractivity contribution in [3.05, 3.63) is 23.8 Å². The fraction of sp³-hybridized carbons (Fsp3) is 0.545. The molecule has 0 amide bonds. The summed E-state index contributed by atoms with van der Waals surface area (Å²) in [5.74, 6) is -0.372. The summed E-state index contributed by atoms with van der Waals surface area (Å²) in [6.07, 6.45) is 2.74. The van der Waals surface area contributed by atoms with Gasteiger partial charge in [-0.05, 0) is 26.5 Å². The lowest BCUT2D eigenvalue weighted by molar-refractivity contribution is 0.574. The molecule has 1 saturated heterocycles. The number of rotatable bonds is 2. The van der Waals surface area contributed by atoms with E-state index in [1.165, 1.54) is 0 Å². The number of aryl methyl sites for hydroxylation is 1. The number of hydrogen-bond acceptors (Lipinski definition) is 3. The average molecular weight is 209 g/mol. The Labute approximate surface area is 89.3 Å². The minimum atomic E-state index is -0.372. The highest BCUT2D eigenvalue weighted by Crippen LogP contribution is 2.21. The van der Waals surface area contributed by atoms with Crippen LogP contribution in [-0.2, 0) is 0 Å². The molecular formula is C11H16FN3. The second-order valence-corrected chi connectivity index (χ2v) is 4.02. The summed E-state index contributed by atoms with van der Waals surface area (Å²) in [6, 6.07) is 2.40. The molecule has 1 atom stereocenters. The largest absolute Gasteiger partial charge is 0.369 e. The molecule has 15 heavy (non-hydrogen) atoms. The predicted octanol–water partition coefficient (Wildman–Crippen LogP) is 1.33. The molecule has 1 fully saturated rings. The summed E-state index contributed by atoms with van der Waals surface area (Å²) in [5, 5.41) is 3.25. The number of likely N-dealkylation sites (N-methyl/N-ethyl adjacent to an activating group) is 1. The highest BCUT2D eigenvalue weighted by molar-refractivity contribution is 5.47. The third-order valence-corrected chi connectivity index (χ3v) is 2.96. The maximum Gasteiger partial charge on any atom is 0.215 e. The van der Waals surface area contributed by atoms with Gasteiger partial charge in [-0.15, -0.1) is 0 Å². The van der Waals surface area contributed by atoms with E-state index in [2.05, 4.69) is 15.2 Å². The first kappa shape index (κ1) is 10.4. The lowest BCUT2D eigenvalue weighted by atomic mass is 10.2. The summed E-state index contributed by atoms with van der Waals surface area (Å²) in [4.78, 5) is 5.98. The van der Waals surface area contributed by atoms with Crippen molar-refractivity contribution in [2.75, 3.05) is 25.0 Å². The van der Waals surface area contributed by atoms with E-state index >= 15 is 0 Å². The van der Waals surface area contributed by atoms with Crippen LogP contribution in [0.1, 0.15) is 12.0 Å². The van der Waals surface area contributed by atoms with Gasteiger partial charge in [0.1, 0.15) is 0 Å². The quantitative estimate of drug-likeness (QED) is 0.745. The number of halogens is 1. The van der Waals surface area contributed by atoms with Crippen LogP contribution in [0.2, 0.25) is 0 Å². The van der Waals surface area contributed by atoms with Gasteiger partial charge in [-0.1, -0.05) is 0 Å². The molecule has 1 aromatic heterocycles. The molecule has 2 rings (SSSR count). The van der Waals surface area contributed by atoms with E-state index in [-0.39, 0.29) is 5.95 Å². The molecule has 4 heteroatoms. The van der Waals surface area contributed by atoms with Crippen LogP contribution in [0.15, 0.2) is 12.3 Å². The molecule has 1 aliphatic rings. The van der Waals surface area contributed by atoms with Gasteiger partial charge in [0.2, 0.25) is 5.95 Å². The normalized spacial score (nSPS) is 21.0. The van der Waals surface area contributed by atoms with Crippen molar-refractivity contribution in [2.45, 2.75) is 19.4 Å². The van der Waals surface area contributed by atoms with Crippen molar-refractivity contribution in [3.63, 3.8) is 0 Å². The van der Waals surface area contributed by atoms with Crippen LogP contribution >= 0.6 is 0 Å². The van der Waals surface area contributed by atoms with E-state index < -0.39 is 0 Å². The van der Waals surface area contributed by atoms with Crippen molar-refractivity contribution in [1.29, 1.82) is 0 Å². The van der Waals surface area contributed by atoms with Gasteiger partial charge in [-0.2, -0.15) is 4.39 Å². The average Bonchev–Trinajstić information content (AvgIpc) is 2.70. The standard InChI is InChI=1S/C11H16FN3/c1-8-5-10(6-14-11(8)12)15-4-3-9(7-15)13-2/h5-6,9,13H,3-4,7H2,1-2H3/t9-/m1/s1. The molecule has 1 N–H and O–H groups in total. The Morgan fingerprint density at radius 3 is 3.00 bits per heavy atom. The van der Waals surface area contributed by atoms with Crippen LogP contribution in [0.5, 0.6) is 0 Å². The van der Waals surface area contributed by atoms with Gasteiger partial charge in [0.05, 0.1) is 11.9 Å². The lowest BCUT2D eigenvalue weighted by Crippen LogP contribution is -2.29. The van der Waals surface area contributed by atoms with Gasteiger partial charge in [0, 0.05) is 24.7 Å². The first-order chi connectivity index (χ1) is 7.20. The summed E-state index contributed by atoms with van der Waals surface area (Å²) >= 11 is 0. The summed E-state index contributed by atoms with van der Waals surface area (Å²) in [6.45, 7) is 3.74. The fourth-order valence-electron chi connectivity index (χ4n) is 1.95. The first-order valence-electron chi connectivity index (χ1n) is 5.25. The molecule has 0 aliphatic carbocycles. The van der Waals surface area contributed by atoms with Crippen molar-refractivity contribution in [1.82, 2.24) is 10.3 Å². The van der Waals surface area contributed by atoms with Crippen molar-refractivity contribution < 1.29 is 4.39 Å². The second-order valence-electron chi connectivity index (χ2n) is 4.02. The Hall–Kier alpha value is -1.16. The molecule has 0 unspecified atom stereocenters. The Balaban J connectivity index is 2.13. The Morgan fingerprint density at radius 2 is 2.40 bits per heavy atom. The number of hydrogen-bond donors (Lipinski definition) is 1. The summed E-state index contributed by atoms with van der Waals surface area (Å²) in [7, 11) is 1.97. The van der Waals surface area contributed by atoms with Gasteiger partial charge in [0.15, 0.2) is 0 Å². The maximum absolute atomic E-state index is 13.0. The van der Waals surface area contributed by atoms with E-state index in [0.717, 1.165) is 25.2 Å². The number of nitrogens with one attached hydrogen (secondary N) is 1. The van der Waals surface area contributed by atoms with Gasteiger partial charge >= 0.3 is 0 Å². The zero-order valence-corrected chi connectivity index (χ0v) is 9.13. The van der Waals surface area contributed by atoms with Crippen LogP contribution in [0.3, 0.4) is 0 Å². The van der Waals surface area contributed by atoms with Crippen LogP contribution < -0.4 is 10.2 Å². The van der Waals surface area contributed by atoms with Crippen molar-refractivity contribution in [3.8, 4) is 0 Å². The zero-order chi connectivity index (χ0) is 10.8. The van der Waals surface area contributed by atoms with Crippen molar-refractivity contribution >= 4 is 5.69 Å². The third kappa shape index (κ3) is 2.09. The molecular weight excluding hydrogens is 193 g/mol. The van der Waals surface area contributed by atoms with Gasteiger partial charge in [-0.3, -0.25) is 0 Å². The molecule has 1 aromatic rings. The monoisotopic (exact) mass is 209 g/mol. The Bertz CT molecular complexity index is 354. The minimum absolute atomic E-state index is 0.372. The van der Waals surface area contributed by atoms with E-state index in [9.17, 15) is 4.39 Å². The third-order valence-electron chi connectivity index (χ3n) is 2.96. The minimum Gasteiger partial charge on any atom is -0.369 e. The van der Waals surface area contributed by atoms with Crippen LogP contribution in [0, 0.1) is 12.9 Å². The fourth-order valence-corrected chi connectivity index (χ4v) is 1.95. The number of pyridine rings is 1. The molecule has 3 nitrogen and oxygen atoms in total. The highest BCUT2D eigenvalue weighted by Gasteiger charge is 2.21. The molecule has 1 aliphatic heterocycles. The van der Waals surface area contributed by atoms with Gasteiger partial charge in [0.25, 0.3) is 0 Å². The number of nitrogens with zero attached hydrogens (tertiary/aromatic N) is 2. The van der Waals surface area contributed by atoms with E-state index in [1.807, 2.05) is 13.1 Å². The van der Waals surface area contributed by atoms with Crippen LogP contribution in [0.4, 0.5) is 10.1 Å². The zero-order valence-electron chi connectivity index (χ0n) is 9.13. The predicted molar refractivity (Wildman–Crippen MR) is 58.6 cm³/mol. The molecule has 0 saturated carbocycles. The van der Waals surface area contributed by atoms with Crippen LogP contribution in [-0.4, -0.2) is 31.2 Å². The van der Waals surface area contributed by atoms with Gasteiger partial charge in [-0.25, -0.2) is 4.98 Å². The second kappa shape index (κ2) is 4.14. The van der Waals surface area contributed by atoms with E-state index in [4.69, 9.17) is 0 Å². The van der Waals surface area contributed by atoms with Crippen molar-refractivity contribution in [2.24, 2.45) is 0 Å². The number of aromatic nitrogens is 1. The molecule has 0 bridgehead atoms. The molecule has 0 radical (unpaired) electrons. The first-order valence-corrected chi connectivity index (χ1v) is 5.25. The van der Waals surface area contributed by atoms with Gasteiger partial charge < -0.3 is 10.2 Å². The summed E-state index contributed by atoms with van der Waals surface area (Å²) in [5.41, 5.74) is 1.63. The molecule has 0 aromatic carbocycles. The topological polar surface area (TPSA) is 28.2 Å². The Morgan fingerprint density at radius 1 is 1.60 bits per heavy atom.